The summed E-state index contributed by atoms with van der Waals surface area (Å²) in [6.45, 7) is 1.90. The number of rotatable bonds is 3. The Hall–Kier alpha value is -2.08. The predicted octanol–water partition coefficient (Wildman–Crippen LogP) is 1.82. The molecule has 2 aliphatic heterocycles. The van der Waals surface area contributed by atoms with E-state index in [1.807, 2.05) is 18.2 Å². The molecular weight excluding hydrogens is 308 g/mol. The number of methoxy groups -OCH3 is 1. The Balaban J connectivity index is 1.62. The summed E-state index contributed by atoms with van der Waals surface area (Å²) in [7, 11) is 1.61. The van der Waals surface area contributed by atoms with Crippen LogP contribution >= 0.6 is 0 Å². The molecule has 1 aromatic rings. The third-order valence-corrected chi connectivity index (χ3v) is 5.50. The molecule has 2 fully saturated rings. The molecule has 2 saturated heterocycles. The Morgan fingerprint density at radius 2 is 2.12 bits per heavy atom. The Kier molecular flexibility index (Phi) is 3.72. The Labute approximate surface area is 141 Å². The van der Waals surface area contributed by atoms with Crippen molar-refractivity contribution in [1.29, 1.82) is 0 Å². The van der Waals surface area contributed by atoms with Gasteiger partial charge in [0.15, 0.2) is 0 Å². The highest BCUT2D eigenvalue weighted by Crippen LogP contribution is 2.43. The molecule has 1 aromatic carbocycles. The lowest BCUT2D eigenvalue weighted by Crippen LogP contribution is -2.42. The molecule has 1 aliphatic carbocycles. The average Bonchev–Trinajstić information content (AvgIpc) is 3.09. The number of fused-ring (bicyclic) bond motifs is 2. The summed E-state index contributed by atoms with van der Waals surface area (Å²) >= 11 is 0. The van der Waals surface area contributed by atoms with E-state index in [9.17, 15) is 9.59 Å². The summed E-state index contributed by atoms with van der Waals surface area (Å²) in [6, 6.07) is 5.50. The summed E-state index contributed by atoms with van der Waals surface area (Å²) in [4.78, 5) is 27.1. The van der Waals surface area contributed by atoms with Crippen molar-refractivity contribution >= 4 is 11.9 Å². The van der Waals surface area contributed by atoms with Crippen LogP contribution in [0.3, 0.4) is 0 Å². The Morgan fingerprint density at radius 1 is 1.33 bits per heavy atom. The molecular formula is C18H22N2O4. The summed E-state index contributed by atoms with van der Waals surface area (Å²) in [5.41, 5.74) is 1.08. The van der Waals surface area contributed by atoms with E-state index in [0.29, 0.717) is 37.8 Å². The van der Waals surface area contributed by atoms with Gasteiger partial charge < -0.3 is 14.8 Å². The number of ether oxygens (including phenoxy) is 2. The molecule has 0 saturated carbocycles. The lowest BCUT2D eigenvalue weighted by Gasteiger charge is -2.26. The van der Waals surface area contributed by atoms with E-state index in [4.69, 9.17) is 9.47 Å². The number of imide groups is 1. The predicted molar refractivity (Wildman–Crippen MR) is 86.8 cm³/mol. The van der Waals surface area contributed by atoms with Crippen LogP contribution in [-0.2, 0) is 21.5 Å². The van der Waals surface area contributed by atoms with Crippen LogP contribution in [0, 0.1) is 5.92 Å². The largest absolute Gasteiger partial charge is 0.497 e. The van der Waals surface area contributed by atoms with Gasteiger partial charge in [-0.05, 0) is 54.9 Å². The molecule has 1 atom stereocenters. The van der Waals surface area contributed by atoms with E-state index in [0.717, 1.165) is 30.4 Å². The van der Waals surface area contributed by atoms with E-state index in [1.54, 1.807) is 7.11 Å². The first-order valence-electron chi connectivity index (χ1n) is 8.53. The van der Waals surface area contributed by atoms with Crippen LogP contribution < -0.4 is 10.1 Å². The molecule has 6 nitrogen and oxygen atoms in total. The number of carbonyl (C=O) groups excluding carboxylic acids is 2. The zero-order valence-electron chi connectivity index (χ0n) is 13.8. The highest BCUT2D eigenvalue weighted by atomic mass is 16.5. The number of aryl methyl sites for hydroxylation is 1. The summed E-state index contributed by atoms with van der Waals surface area (Å²) < 4.78 is 10.7. The molecule has 6 heteroatoms. The maximum absolute atomic E-state index is 13.1. The number of hydrogen-bond donors (Lipinski definition) is 1. The standard InChI is InChI=1S/C18H22N2O4/c1-23-14-3-2-13-4-7-18(15(13)10-14)16(21)20(17(22)19-18)11-12-5-8-24-9-6-12/h2-3,10,12H,4-9,11H2,1H3,(H,19,22). The van der Waals surface area contributed by atoms with Crippen LogP contribution in [0.15, 0.2) is 18.2 Å². The fourth-order valence-electron chi connectivity index (χ4n) is 4.09. The van der Waals surface area contributed by atoms with Gasteiger partial charge in [-0.25, -0.2) is 4.79 Å². The zero-order valence-corrected chi connectivity index (χ0v) is 13.8. The number of carbonyl (C=O) groups is 2. The third-order valence-electron chi connectivity index (χ3n) is 5.50. The monoisotopic (exact) mass is 330 g/mol. The van der Waals surface area contributed by atoms with E-state index in [-0.39, 0.29) is 11.9 Å². The molecule has 1 unspecified atom stereocenters. The second-order valence-electron chi connectivity index (χ2n) is 6.83. The molecule has 3 amide bonds. The first-order chi connectivity index (χ1) is 11.6. The van der Waals surface area contributed by atoms with Crippen molar-refractivity contribution in [2.24, 2.45) is 5.92 Å². The zero-order chi connectivity index (χ0) is 16.7. The van der Waals surface area contributed by atoms with Crippen LogP contribution in [-0.4, -0.2) is 43.7 Å². The minimum Gasteiger partial charge on any atom is -0.497 e. The summed E-state index contributed by atoms with van der Waals surface area (Å²) in [5.74, 6) is 0.917. The van der Waals surface area contributed by atoms with Gasteiger partial charge in [0.05, 0.1) is 7.11 Å². The first kappa shape index (κ1) is 15.4. The van der Waals surface area contributed by atoms with Gasteiger partial charge in [-0.3, -0.25) is 9.69 Å². The van der Waals surface area contributed by atoms with Crippen molar-refractivity contribution in [1.82, 2.24) is 10.2 Å². The molecule has 1 spiro atoms. The van der Waals surface area contributed by atoms with Gasteiger partial charge in [-0.15, -0.1) is 0 Å². The molecule has 1 N–H and O–H groups in total. The van der Waals surface area contributed by atoms with Gasteiger partial charge in [0.1, 0.15) is 11.3 Å². The van der Waals surface area contributed by atoms with E-state index >= 15 is 0 Å². The lowest BCUT2D eigenvalue weighted by atomic mass is 9.91. The molecule has 2 heterocycles. The number of benzene rings is 1. The summed E-state index contributed by atoms with van der Waals surface area (Å²) in [6.07, 6.45) is 3.20. The molecule has 24 heavy (non-hydrogen) atoms. The van der Waals surface area contributed by atoms with Crippen molar-refractivity contribution in [3.8, 4) is 5.75 Å². The van der Waals surface area contributed by atoms with E-state index in [2.05, 4.69) is 5.32 Å². The fourth-order valence-corrected chi connectivity index (χ4v) is 4.09. The maximum Gasteiger partial charge on any atom is 0.325 e. The molecule has 4 rings (SSSR count). The molecule has 0 radical (unpaired) electrons. The van der Waals surface area contributed by atoms with Crippen LogP contribution in [0.25, 0.3) is 0 Å². The normalized spacial score (nSPS) is 26.8. The van der Waals surface area contributed by atoms with Crippen LogP contribution in [0.2, 0.25) is 0 Å². The van der Waals surface area contributed by atoms with Gasteiger partial charge in [-0.1, -0.05) is 6.07 Å². The smallest absolute Gasteiger partial charge is 0.325 e. The third kappa shape index (κ3) is 2.28. The average molecular weight is 330 g/mol. The molecule has 0 aromatic heterocycles. The second kappa shape index (κ2) is 5.77. The van der Waals surface area contributed by atoms with Crippen LogP contribution in [0.4, 0.5) is 4.79 Å². The SMILES string of the molecule is COc1ccc2c(c1)C1(CC2)NC(=O)N(CC2CCOCC2)C1=O. The number of hydrogen-bond acceptors (Lipinski definition) is 4. The van der Waals surface area contributed by atoms with Crippen molar-refractivity contribution in [2.75, 3.05) is 26.9 Å². The maximum atomic E-state index is 13.1. The number of nitrogens with one attached hydrogen (secondary N) is 1. The van der Waals surface area contributed by atoms with E-state index < -0.39 is 5.54 Å². The molecule has 128 valence electrons. The van der Waals surface area contributed by atoms with Crippen molar-refractivity contribution in [3.05, 3.63) is 29.3 Å². The second-order valence-corrected chi connectivity index (χ2v) is 6.83. The number of amides is 3. The lowest BCUT2D eigenvalue weighted by molar-refractivity contribution is -0.132. The van der Waals surface area contributed by atoms with Crippen molar-refractivity contribution < 1.29 is 19.1 Å². The Bertz CT molecular complexity index is 684. The quantitative estimate of drug-likeness (QED) is 0.859. The van der Waals surface area contributed by atoms with Gasteiger partial charge in [0.2, 0.25) is 0 Å². The van der Waals surface area contributed by atoms with Gasteiger partial charge >= 0.3 is 6.03 Å². The Morgan fingerprint density at radius 3 is 2.88 bits per heavy atom. The van der Waals surface area contributed by atoms with Crippen LogP contribution in [0.5, 0.6) is 5.75 Å². The first-order valence-corrected chi connectivity index (χ1v) is 8.53. The van der Waals surface area contributed by atoms with Crippen LogP contribution in [0.1, 0.15) is 30.4 Å². The van der Waals surface area contributed by atoms with Gasteiger partial charge in [0.25, 0.3) is 5.91 Å². The van der Waals surface area contributed by atoms with Gasteiger partial charge in [-0.2, -0.15) is 0 Å². The number of urea groups is 1. The minimum atomic E-state index is -0.911. The van der Waals surface area contributed by atoms with Gasteiger partial charge in [0, 0.05) is 19.8 Å². The highest BCUT2D eigenvalue weighted by molar-refractivity contribution is 6.08. The molecule has 0 bridgehead atoms. The van der Waals surface area contributed by atoms with Crippen molar-refractivity contribution in [3.63, 3.8) is 0 Å². The topological polar surface area (TPSA) is 67.9 Å². The highest BCUT2D eigenvalue weighted by Gasteiger charge is 2.55. The van der Waals surface area contributed by atoms with Crippen molar-refractivity contribution in [2.45, 2.75) is 31.2 Å². The number of nitrogens with zero attached hydrogens (tertiary/aromatic N) is 1. The summed E-state index contributed by atoms with van der Waals surface area (Å²) in [5, 5.41) is 2.98. The molecule has 3 aliphatic rings. The fraction of sp³-hybridized carbons (Fsp3) is 0.556. The van der Waals surface area contributed by atoms with E-state index in [1.165, 1.54) is 4.90 Å². The minimum absolute atomic E-state index is 0.119.